The van der Waals surface area contributed by atoms with Crippen molar-refractivity contribution in [1.82, 2.24) is 0 Å². The van der Waals surface area contributed by atoms with Gasteiger partial charge in [0.05, 0.1) is 0 Å². The van der Waals surface area contributed by atoms with Gasteiger partial charge in [-0.25, -0.2) is 0 Å². The van der Waals surface area contributed by atoms with E-state index in [0.717, 1.165) is 38.7 Å². The molecule has 0 aliphatic rings. The van der Waals surface area contributed by atoms with Crippen molar-refractivity contribution in [2.24, 2.45) is 0 Å². The molecule has 11 rings (SSSR count). The fraction of sp³-hybridized carbons (Fsp3) is 0. The summed E-state index contributed by atoms with van der Waals surface area (Å²) >= 11 is 0. The SMILES string of the molecule is c1ccc(-c2c3ccccc3c(-c3cc4cccc5oc6cccc3c6c45)c3ccccc23)c(-c2ccc3c(c2)oc2ccccc23)c1. The van der Waals surface area contributed by atoms with Crippen LogP contribution in [0.3, 0.4) is 0 Å². The molecule has 2 heteroatoms. The molecule has 9 aromatic carbocycles. The summed E-state index contributed by atoms with van der Waals surface area (Å²) in [5.41, 5.74) is 10.9. The van der Waals surface area contributed by atoms with E-state index in [-0.39, 0.29) is 0 Å². The molecule has 0 saturated carbocycles. The van der Waals surface area contributed by atoms with Crippen LogP contribution < -0.4 is 0 Å². The number of hydrogen-bond donors (Lipinski definition) is 0. The maximum atomic E-state index is 6.35. The van der Waals surface area contributed by atoms with E-state index in [4.69, 9.17) is 8.83 Å². The zero-order valence-corrected chi connectivity index (χ0v) is 25.8. The molecule has 0 aliphatic carbocycles. The van der Waals surface area contributed by atoms with Crippen molar-refractivity contribution in [3.63, 3.8) is 0 Å². The second kappa shape index (κ2) is 9.57. The molecule has 0 fully saturated rings. The van der Waals surface area contributed by atoms with Gasteiger partial charge in [-0.2, -0.15) is 0 Å². The first-order valence-corrected chi connectivity index (χ1v) is 16.4. The number of rotatable bonds is 3. The van der Waals surface area contributed by atoms with Crippen molar-refractivity contribution in [3.8, 4) is 33.4 Å². The summed E-state index contributed by atoms with van der Waals surface area (Å²) < 4.78 is 12.7. The van der Waals surface area contributed by atoms with Crippen LogP contribution in [0.25, 0.3) is 110 Å². The molecule has 222 valence electrons. The molecular formula is C46H26O2. The van der Waals surface area contributed by atoms with E-state index in [1.54, 1.807) is 0 Å². The van der Waals surface area contributed by atoms with Gasteiger partial charge >= 0.3 is 0 Å². The first kappa shape index (κ1) is 25.8. The predicted molar refractivity (Wildman–Crippen MR) is 201 cm³/mol. The third-order valence-electron chi connectivity index (χ3n) is 10.2. The Morgan fingerprint density at radius 1 is 0.292 bits per heavy atom. The Morgan fingerprint density at radius 2 is 0.812 bits per heavy atom. The number of furan rings is 2. The molecule has 2 aromatic heterocycles. The second-order valence-electron chi connectivity index (χ2n) is 12.8. The van der Waals surface area contributed by atoms with Crippen LogP contribution in [0.5, 0.6) is 0 Å². The number of fused-ring (bicyclic) bond motifs is 5. The van der Waals surface area contributed by atoms with Gasteiger partial charge in [0, 0.05) is 21.5 Å². The Morgan fingerprint density at radius 3 is 1.56 bits per heavy atom. The summed E-state index contributed by atoms with van der Waals surface area (Å²) in [6.07, 6.45) is 0. The lowest BCUT2D eigenvalue weighted by Crippen LogP contribution is -1.93. The van der Waals surface area contributed by atoms with E-state index < -0.39 is 0 Å². The molecule has 0 N–H and O–H groups in total. The Kier molecular flexibility index (Phi) is 5.14. The Hall–Kier alpha value is -6.38. The zero-order valence-electron chi connectivity index (χ0n) is 25.8. The highest BCUT2D eigenvalue weighted by Crippen LogP contribution is 2.49. The fourth-order valence-electron chi connectivity index (χ4n) is 8.23. The summed E-state index contributed by atoms with van der Waals surface area (Å²) in [4.78, 5) is 0. The monoisotopic (exact) mass is 610 g/mol. The number of hydrogen-bond acceptors (Lipinski definition) is 2. The third kappa shape index (κ3) is 3.46. The summed E-state index contributed by atoms with van der Waals surface area (Å²) in [6.45, 7) is 0. The molecule has 2 heterocycles. The molecule has 2 nitrogen and oxygen atoms in total. The van der Waals surface area contributed by atoms with Gasteiger partial charge in [-0.3, -0.25) is 0 Å². The molecule has 0 atom stereocenters. The van der Waals surface area contributed by atoms with Gasteiger partial charge in [0.2, 0.25) is 0 Å². The standard InChI is InChI=1S/C46H26O2/c1-2-14-32(29(12-1)27-23-24-31-30-13-7-8-20-39(30)47-42(31)26-27)44-33-15-3-5-17-35(33)45(36-18-6-4-16-34(36)44)38-25-28-11-9-21-40-43(28)46-37(38)19-10-22-41(46)48-40/h1-26H. The summed E-state index contributed by atoms with van der Waals surface area (Å²) in [5.74, 6) is 0. The predicted octanol–water partition coefficient (Wildman–Crippen LogP) is 13.4. The van der Waals surface area contributed by atoms with E-state index in [0.29, 0.717) is 0 Å². The molecular weight excluding hydrogens is 585 g/mol. The van der Waals surface area contributed by atoms with Crippen LogP contribution in [0.4, 0.5) is 0 Å². The molecule has 0 amide bonds. The van der Waals surface area contributed by atoms with Crippen molar-refractivity contribution < 1.29 is 8.83 Å². The minimum absolute atomic E-state index is 0.903. The maximum Gasteiger partial charge on any atom is 0.136 e. The lowest BCUT2D eigenvalue weighted by Gasteiger charge is -2.20. The molecule has 0 spiro atoms. The van der Waals surface area contributed by atoms with Crippen LogP contribution >= 0.6 is 0 Å². The third-order valence-corrected chi connectivity index (χ3v) is 10.2. The van der Waals surface area contributed by atoms with Gasteiger partial charge in [-0.1, -0.05) is 121 Å². The number of benzene rings is 9. The summed E-state index contributed by atoms with van der Waals surface area (Å²) in [6, 6.07) is 56.7. The van der Waals surface area contributed by atoms with Gasteiger partial charge in [0.25, 0.3) is 0 Å². The Bertz CT molecular complexity index is 3010. The first-order chi connectivity index (χ1) is 23.8. The Balaban J connectivity index is 1.23. The van der Waals surface area contributed by atoms with Crippen LogP contribution in [0.15, 0.2) is 167 Å². The highest BCUT2D eigenvalue weighted by molar-refractivity contribution is 6.30. The van der Waals surface area contributed by atoms with Crippen LogP contribution in [-0.4, -0.2) is 0 Å². The highest BCUT2D eigenvalue weighted by Gasteiger charge is 2.22. The van der Waals surface area contributed by atoms with Crippen molar-refractivity contribution in [1.29, 1.82) is 0 Å². The van der Waals surface area contributed by atoms with Crippen LogP contribution in [0.1, 0.15) is 0 Å². The Labute approximate surface area is 275 Å². The van der Waals surface area contributed by atoms with Crippen molar-refractivity contribution in [2.45, 2.75) is 0 Å². The first-order valence-electron chi connectivity index (χ1n) is 16.4. The van der Waals surface area contributed by atoms with E-state index >= 15 is 0 Å². The van der Waals surface area contributed by atoms with Gasteiger partial charge in [-0.05, 0) is 102 Å². The second-order valence-corrected chi connectivity index (χ2v) is 12.8. The normalized spacial score (nSPS) is 12.2. The lowest BCUT2D eigenvalue weighted by molar-refractivity contribution is 0.669. The van der Waals surface area contributed by atoms with Gasteiger partial charge < -0.3 is 8.83 Å². The molecule has 0 radical (unpaired) electrons. The van der Waals surface area contributed by atoms with E-state index in [1.807, 2.05) is 12.1 Å². The summed E-state index contributed by atoms with van der Waals surface area (Å²) in [5, 5.41) is 12.0. The van der Waals surface area contributed by atoms with Crippen LogP contribution in [0, 0.1) is 0 Å². The molecule has 0 unspecified atom stereocenters. The minimum Gasteiger partial charge on any atom is -0.456 e. The zero-order chi connectivity index (χ0) is 31.3. The largest absolute Gasteiger partial charge is 0.456 e. The fourth-order valence-corrected chi connectivity index (χ4v) is 8.23. The smallest absolute Gasteiger partial charge is 0.136 e. The van der Waals surface area contributed by atoms with Crippen molar-refractivity contribution in [2.75, 3.05) is 0 Å². The van der Waals surface area contributed by atoms with Gasteiger partial charge in [0.1, 0.15) is 22.3 Å². The minimum atomic E-state index is 0.903. The van der Waals surface area contributed by atoms with Gasteiger partial charge in [0.15, 0.2) is 0 Å². The molecule has 11 aromatic rings. The van der Waals surface area contributed by atoms with Crippen molar-refractivity contribution >= 4 is 76.2 Å². The molecule has 0 saturated heterocycles. The quantitative estimate of drug-likeness (QED) is 0.147. The van der Waals surface area contributed by atoms with E-state index in [2.05, 4.69) is 146 Å². The average molecular weight is 611 g/mol. The average Bonchev–Trinajstić information content (AvgIpc) is 3.72. The molecule has 0 bridgehead atoms. The van der Waals surface area contributed by atoms with Crippen LogP contribution in [0.2, 0.25) is 0 Å². The number of para-hydroxylation sites is 1. The lowest BCUT2D eigenvalue weighted by atomic mass is 9.82. The van der Waals surface area contributed by atoms with E-state index in [1.165, 1.54) is 70.9 Å². The highest BCUT2D eigenvalue weighted by atomic mass is 16.3. The summed E-state index contributed by atoms with van der Waals surface area (Å²) in [7, 11) is 0. The van der Waals surface area contributed by atoms with Gasteiger partial charge in [-0.15, -0.1) is 0 Å². The maximum absolute atomic E-state index is 6.35. The van der Waals surface area contributed by atoms with Crippen molar-refractivity contribution in [3.05, 3.63) is 158 Å². The van der Waals surface area contributed by atoms with Crippen LogP contribution in [-0.2, 0) is 0 Å². The molecule has 0 aliphatic heterocycles. The van der Waals surface area contributed by atoms with E-state index in [9.17, 15) is 0 Å². The topological polar surface area (TPSA) is 26.3 Å². The molecule has 48 heavy (non-hydrogen) atoms.